The van der Waals surface area contributed by atoms with Crippen LogP contribution in [0.5, 0.6) is 11.5 Å². The molecule has 112 valence electrons. The van der Waals surface area contributed by atoms with Gasteiger partial charge in [0.2, 0.25) is 0 Å². The molecule has 0 fully saturated rings. The number of nitrogens with one attached hydrogen (secondary N) is 1. The summed E-state index contributed by atoms with van der Waals surface area (Å²) in [6, 6.07) is 11.4. The summed E-state index contributed by atoms with van der Waals surface area (Å²) in [6.45, 7) is 2.74. The van der Waals surface area contributed by atoms with Crippen molar-refractivity contribution in [3.05, 3.63) is 40.9 Å². The SMILES string of the molecule is CCCOc1cc(N)cc(Nc2cc(OC)ccc2Br)c1. The van der Waals surface area contributed by atoms with Crippen LogP contribution in [0.1, 0.15) is 13.3 Å². The summed E-state index contributed by atoms with van der Waals surface area (Å²) < 4.78 is 11.8. The molecule has 0 aliphatic rings. The molecule has 2 rings (SSSR count). The Morgan fingerprint density at radius 1 is 1.14 bits per heavy atom. The maximum Gasteiger partial charge on any atom is 0.123 e. The fourth-order valence-corrected chi connectivity index (χ4v) is 2.23. The van der Waals surface area contributed by atoms with Crippen LogP contribution >= 0.6 is 15.9 Å². The zero-order valence-corrected chi connectivity index (χ0v) is 13.7. The molecule has 0 radical (unpaired) electrons. The summed E-state index contributed by atoms with van der Waals surface area (Å²) >= 11 is 3.52. The van der Waals surface area contributed by atoms with E-state index in [1.54, 1.807) is 7.11 Å². The minimum Gasteiger partial charge on any atom is -0.497 e. The Kier molecular flexibility index (Phi) is 5.33. The van der Waals surface area contributed by atoms with Gasteiger partial charge in [0.05, 0.1) is 19.4 Å². The number of nitrogens with two attached hydrogens (primary N) is 1. The van der Waals surface area contributed by atoms with E-state index in [1.807, 2.05) is 36.4 Å². The van der Waals surface area contributed by atoms with Crippen LogP contribution in [-0.4, -0.2) is 13.7 Å². The van der Waals surface area contributed by atoms with Crippen LogP contribution < -0.4 is 20.5 Å². The van der Waals surface area contributed by atoms with E-state index in [0.29, 0.717) is 12.3 Å². The van der Waals surface area contributed by atoms with Gasteiger partial charge in [-0.05, 0) is 40.5 Å². The third kappa shape index (κ3) is 4.29. The molecular formula is C16H19BrN2O2. The van der Waals surface area contributed by atoms with Crippen molar-refractivity contribution >= 4 is 33.0 Å². The van der Waals surface area contributed by atoms with Gasteiger partial charge < -0.3 is 20.5 Å². The Balaban J connectivity index is 2.24. The molecule has 0 saturated carbocycles. The first-order chi connectivity index (χ1) is 10.1. The van der Waals surface area contributed by atoms with Gasteiger partial charge in [0.1, 0.15) is 11.5 Å². The number of ether oxygens (including phenoxy) is 2. The van der Waals surface area contributed by atoms with Crippen molar-refractivity contribution in [3.8, 4) is 11.5 Å². The number of methoxy groups -OCH3 is 1. The van der Waals surface area contributed by atoms with Crippen LogP contribution in [-0.2, 0) is 0 Å². The quantitative estimate of drug-likeness (QED) is 0.749. The number of benzene rings is 2. The summed E-state index contributed by atoms with van der Waals surface area (Å²) in [5.74, 6) is 1.55. The molecule has 0 spiro atoms. The minimum atomic E-state index is 0.658. The molecule has 2 aromatic carbocycles. The second kappa shape index (κ2) is 7.22. The molecule has 4 nitrogen and oxygen atoms in total. The van der Waals surface area contributed by atoms with Crippen LogP contribution in [0.25, 0.3) is 0 Å². The molecule has 5 heteroatoms. The Labute approximate surface area is 133 Å². The lowest BCUT2D eigenvalue weighted by molar-refractivity contribution is 0.318. The number of hydrogen-bond donors (Lipinski definition) is 2. The van der Waals surface area contributed by atoms with E-state index in [0.717, 1.165) is 33.8 Å². The number of hydrogen-bond acceptors (Lipinski definition) is 4. The molecule has 0 aromatic heterocycles. The predicted molar refractivity (Wildman–Crippen MR) is 90.6 cm³/mol. The van der Waals surface area contributed by atoms with E-state index in [-0.39, 0.29) is 0 Å². The Hall–Kier alpha value is -1.88. The van der Waals surface area contributed by atoms with Crippen LogP contribution in [0.3, 0.4) is 0 Å². The highest BCUT2D eigenvalue weighted by Gasteiger charge is 2.05. The van der Waals surface area contributed by atoms with Crippen LogP contribution in [0, 0.1) is 0 Å². The maximum atomic E-state index is 5.92. The van der Waals surface area contributed by atoms with Gasteiger partial charge in [0.15, 0.2) is 0 Å². The molecule has 0 heterocycles. The van der Waals surface area contributed by atoms with Gasteiger partial charge in [-0.1, -0.05) is 6.92 Å². The summed E-state index contributed by atoms with van der Waals surface area (Å²) in [6.07, 6.45) is 0.957. The number of nitrogen functional groups attached to an aromatic ring is 1. The van der Waals surface area contributed by atoms with Gasteiger partial charge in [-0.15, -0.1) is 0 Å². The second-order valence-electron chi connectivity index (χ2n) is 4.61. The smallest absolute Gasteiger partial charge is 0.123 e. The fourth-order valence-electron chi connectivity index (χ4n) is 1.88. The molecule has 0 aliphatic carbocycles. The lowest BCUT2D eigenvalue weighted by atomic mass is 10.2. The highest BCUT2D eigenvalue weighted by molar-refractivity contribution is 9.10. The summed E-state index contributed by atoms with van der Waals surface area (Å²) in [5, 5.41) is 3.32. The second-order valence-corrected chi connectivity index (χ2v) is 5.46. The topological polar surface area (TPSA) is 56.5 Å². The normalized spacial score (nSPS) is 10.2. The average Bonchev–Trinajstić information content (AvgIpc) is 2.47. The zero-order valence-electron chi connectivity index (χ0n) is 12.2. The van der Waals surface area contributed by atoms with E-state index in [4.69, 9.17) is 15.2 Å². The molecule has 3 N–H and O–H groups in total. The van der Waals surface area contributed by atoms with E-state index >= 15 is 0 Å². The molecule has 21 heavy (non-hydrogen) atoms. The highest BCUT2D eigenvalue weighted by atomic mass is 79.9. The van der Waals surface area contributed by atoms with Gasteiger partial charge in [0, 0.05) is 34.0 Å². The van der Waals surface area contributed by atoms with Crippen molar-refractivity contribution in [2.45, 2.75) is 13.3 Å². The molecule has 0 unspecified atom stereocenters. The van der Waals surface area contributed by atoms with Crippen molar-refractivity contribution in [1.29, 1.82) is 0 Å². The first-order valence-corrected chi connectivity index (χ1v) is 7.55. The van der Waals surface area contributed by atoms with Gasteiger partial charge in [-0.25, -0.2) is 0 Å². The first-order valence-electron chi connectivity index (χ1n) is 6.76. The van der Waals surface area contributed by atoms with E-state index in [2.05, 4.69) is 28.2 Å². The highest BCUT2D eigenvalue weighted by Crippen LogP contribution is 2.32. The molecule has 0 saturated heterocycles. The van der Waals surface area contributed by atoms with Gasteiger partial charge in [-0.3, -0.25) is 0 Å². The van der Waals surface area contributed by atoms with Crippen molar-refractivity contribution in [1.82, 2.24) is 0 Å². The van der Waals surface area contributed by atoms with Crippen LogP contribution in [0.15, 0.2) is 40.9 Å². The van der Waals surface area contributed by atoms with Crippen molar-refractivity contribution in [2.24, 2.45) is 0 Å². The molecule has 0 atom stereocenters. The minimum absolute atomic E-state index is 0.658. The van der Waals surface area contributed by atoms with Crippen LogP contribution in [0.4, 0.5) is 17.1 Å². The summed E-state index contributed by atoms with van der Waals surface area (Å²) in [4.78, 5) is 0. The zero-order chi connectivity index (χ0) is 15.2. The van der Waals surface area contributed by atoms with Crippen molar-refractivity contribution in [2.75, 3.05) is 24.8 Å². The van der Waals surface area contributed by atoms with E-state index in [9.17, 15) is 0 Å². The third-order valence-electron chi connectivity index (χ3n) is 2.85. The van der Waals surface area contributed by atoms with Crippen molar-refractivity contribution in [3.63, 3.8) is 0 Å². The van der Waals surface area contributed by atoms with Crippen LogP contribution in [0.2, 0.25) is 0 Å². The van der Waals surface area contributed by atoms with E-state index < -0.39 is 0 Å². The Morgan fingerprint density at radius 2 is 1.95 bits per heavy atom. The first kappa shape index (κ1) is 15.5. The number of rotatable bonds is 6. The summed E-state index contributed by atoms with van der Waals surface area (Å²) in [7, 11) is 1.64. The number of anilines is 3. The summed E-state index contributed by atoms with van der Waals surface area (Å²) in [5.41, 5.74) is 8.35. The van der Waals surface area contributed by atoms with Gasteiger partial charge in [-0.2, -0.15) is 0 Å². The molecule has 0 amide bonds. The lowest BCUT2D eigenvalue weighted by Gasteiger charge is -2.13. The van der Waals surface area contributed by atoms with Gasteiger partial charge in [0.25, 0.3) is 0 Å². The standard InChI is InChI=1S/C16H19BrN2O2/c1-3-6-21-14-8-11(18)7-12(9-14)19-16-10-13(20-2)4-5-15(16)17/h4-5,7-10,19H,3,6,18H2,1-2H3. The molecular weight excluding hydrogens is 332 g/mol. The molecule has 0 aliphatic heterocycles. The maximum absolute atomic E-state index is 5.92. The molecule has 0 bridgehead atoms. The van der Waals surface area contributed by atoms with Gasteiger partial charge >= 0.3 is 0 Å². The third-order valence-corrected chi connectivity index (χ3v) is 3.55. The molecule has 2 aromatic rings. The monoisotopic (exact) mass is 350 g/mol. The fraction of sp³-hybridized carbons (Fsp3) is 0.250. The Morgan fingerprint density at radius 3 is 2.67 bits per heavy atom. The predicted octanol–water partition coefficient (Wildman–Crippen LogP) is 4.57. The number of halogens is 1. The largest absolute Gasteiger partial charge is 0.497 e. The average molecular weight is 351 g/mol. The Bertz CT molecular complexity index is 617. The lowest BCUT2D eigenvalue weighted by Crippen LogP contribution is -1.99. The van der Waals surface area contributed by atoms with E-state index in [1.165, 1.54) is 0 Å². The van der Waals surface area contributed by atoms with Crippen molar-refractivity contribution < 1.29 is 9.47 Å².